The van der Waals surface area contributed by atoms with E-state index in [1.807, 2.05) is 13.8 Å². The molecule has 7 heteroatoms. The zero-order valence-corrected chi connectivity index (χ0v) is 20.0. The van der Waals surface area contributed by atoms with Crippen molar-refractivity contribution in [1.82, 2.24) is 0 Å². The lowest BCUT2D eigenvalue weighted by Gasteiger charge is -2.22. The zero-order chi connectivity index (χ0) is 24.1. The third kappa shape index (κ3) is 10.5. The Morgan fingerprint density at radius 1 is 1.03 bits per heavy atom. The van der Waals surface area contributed by atoms with Gasteiger partial charge in [-0.15, -0.1) is 0 Å². The first-order chi connectivity index (χ1) is 15.1. The van der Waals surface area contributed by atoms with E-state index in [1.54, 1.807) is 6.92 Å². The Labute approximate surface area is 191 Å². The highest BCUT2D eigenvalue weighted by Crippen LogP contribution is 2.37. The Kier molecular flexibility index (Phi) is 13.2. The van der Waals surface area contributed by atoms with E-state index in [0.717, 1.165) is 38.5 Å². The maximum atomic E-state index is 13.9. The normalized spacial score (nSPS) is 21.3. The molecule has 1 aliphatic rings. The van der Waals surface area contributed by atoms with E-state index < -0.39 is 30.1 Å². The largest absolute Gasteiger partial charge is 0.463 e. The predicted molar refractivity (Wildman–Crippen MR) is 119 cm³/mol. The summed E-state index contributed by atoms with van der Waals surface area (Å²) in [6, 6.07) is 0. The minimum absolute atomic E-state index is 0.0173. The molecule has 0 unspecified atom stereocenters. The van der Waals surface area contributed by atoms with Crippen molar-refractivity contribution in [3.63, 3.8) is 0 Å². The van der Waals surface area contributed by atoms with Gasteiger partial charge in [-0.1, -0.05) is 45.4 Å². The molecular weight excluding hydrogens is 418 g/mol. The van der Waals surface area contributed by atoms with Gasteiger partial charge in [-0.25, -0.2) is 0 Å². The van der Waals surface area contributed by atoms with Gasteiger partial charge >= 0.3 is 11.9 Å². The van der Waals surface area contributed by atoms with Gasteiger partial charge in [-0.2, -0.15) is 8.78 Å². The number of carbonyl (C=O) groups excluding carboxylic acids is 3. The summed E-state index contributed by atoms with van der Waals surface area (Å²) in [5, 5.41) is 10.2. The summed E-state index contributed by atoms with van der Waals surface area (Å²) in [6.07, 6.45) is 6.04. The highest BCUT2D eigenvalue weighted by atomic mass is 19.3. The van der Waals surface area contributed by atoms with Gasteiger partial charge in [-0.05, 0) is 45.4 Å². The Morgan fingerprint density at radius 3 is 2.28 bits per heavy atom. The quantitative estimate of drug-likeness (QED) is 0.219. The molecule has 1 fully saturated rings. The van der Waals surface area contributed by atoms with Crippen LogP contribution in [0, 0.1) is 11.8 Å². The van der Waals surface area contributed by atoms with Crippen molar-refractivity contribution < 1.29 is 33.0 Å². The molecule has 0 aromatic heterocycles. The summed E-state index contributed by atoms with van der Waals surface area (Å²) >= 11 is 0. The van der Waals surface area contributed by atoms with Gasteiger partial charge in [-0.3, -0.25) is 14.4 Å². The van der Waals surface area contributed by atoms with Crippen molar-refractivity contribution >= 4 is 17.5 Å². The molecule has 0 aromatic carbocycles. The highest BCUT2D eigenvalue weighted by Gasteiger charge is 2.43. The maximum Gasteiger partial charge on any atom is 0.306 e. The molecule has 0 radical (unpaired) electrons. The van der Waals surface area contributed by atoms with E-state index in [4.69, 9.17) is 4.74 Å². The number of alkyl halides is 2. The number of esters is 1. The molecule has 0 saturated heterocycles. The highest BCUT2D eigenvalue weighted by molar-refractivity contribution is 5.86. The molecule has 1 N–H and O–H groups in total. The summed E-state index contributed by atoms with van der Waals surface area (Å²) in [4.78, 5) is 35.7. The smallest absolute Gasteiger partial charge is 0.306 e. The number of aliphatic hydroxyl groups is 1. The lowest BCUT2D eigenvalue weighted by atomic mass is 9.85. The van der Waals surface area contributed by atoms with Crippen LogP contribution in [0.5, 0.6) is 0 Å². The van der Waals surface area contributed by atoms with E-state index in [0.29, 0.717) is 25.7 Å². The topological polar surface area (TPSA) is 80.7 Å². The summed E-state index contributed by atoms with van der Waals surface area (Å²) in [5.74, 6) is -5.31. The number of unbranched alkanes of at least 4 members (excludes halogenated alkanes) is 6. The molecule has 3 atom stereocenters. The van der Waals surface area contributed by atoms with Gasteiger partial charge in [0.25, 0.3) is 0 Å². The second kappa shape index (κ2) is 14.7. The van der Waals surface area contributed by atoms with Gasteiger partial charge in [0, 0.05) is 31.6 Å². The Morgan fingerprint density at radius 2 is 1.66 bits per heavy atom. The van der Waals surface area contributed by atoms with Crippen LogP contribution in [0.15, 0.2) is 0 Å². The van der Waals surface area contributed by atoms with Crippen LogP contribution in [0.2, 0.25) is 0 Å². The van der Waals surface area contributed by atoms with Gasteiger partial charge in [0.2, 0.25) is 5.78 Å². The van der Waals surface area contributed by atoms with Crippen LogP contribution in [-0.4, -0.2) is 40.8 Å². The molecule has 1 saturated carbocycles. The first-order valence-corrected chi connectivity index (χ1v) is 12.4. The fourth-order valence-corrected chi connectivity index (χ4v) is 4.47. The number of carbonyl (C=O) groups is 3. The number of halogens is 2. The first-order valence-electron chi connectivity index (χ1n) is 12.4. The van der Waals surface area contributed by atoms with Crippen LogP contribution in [0.25, 0.3) is 0 Å². The van der Waals surface area contributed by atoms with Crippen LogP contribution in [-0.2, 0) is 19.1 Å². The lowest BCUT2D eigenvalue weighted by Crippen LogP contribution is -2.30. The summed E-state index contributed by atoms with van der Waals surface area (Å²) in [7, 11) is 0. The minimum atomic E-state index is -3.31. The molecule has 0 aromatic rings. The van der Waals surface area contributed by atoms with Crippen LogP contribution in [0.4, 0.5) is 8.78 Å². The van der Waals surface area contributed by atoms with Crippen LogP contribution < -0.4 is 0 Å². The SMILES string of the molecule is CCCCC(F)(F)C(=O)CC[C@H]1[C@H](O)CC(=O)[C@@H]1CCCCCCCCC(=O)OC(C)C. The number of hydrogen-bond acceptors (Lipinski definition) is 5. The fraction of sp³-hybridized carbons (Fsp3) is 0.880. The fourth-order valence-electron chi connectivity index (χ4n) is 4.47. The van der Waals surface area contributed by atoms with Crippen molar-refractivity contribution in [3.05, 3.63) is 0 Å². The van der Waals surface area contributed by atoms with Crippen molar-refractivity contribution in [2.45, 2.75) is 129 Å². The van der Waals surface area contributed by atoms with E-state index in [-0.39, 0.29) is 43.0 Å². The monoisotopic (exact) mass is 460 g/mol. The number of aliphatic hydroxyl groups excluding tert-OH is 1. The molecule has 0 spiro atoms. The number of ether oxygens (including phenoxy) is 1. The van der Waals surface area contributed by atoms with Crippen molar-refractivity contribution in [2.75, 3.05) is 0 Å². The van der Waals surface area contributed by atoms with E-state index in [1.165, 1.54) is 0 Å². The van der Waals surface area contributed by atoms with Gasteiger partial charge in [0.15, 0.2) is 0 Å². The van der Waals surface area contributed by atoms with E-state index >= 15 is 0 Å². The van der Waals surface area contributed by atoms with Crippen LogP contribution in [0.3, 0.4) is 0 Å². The Bertz CT molecular complexity index is 591. The van der Waals surface area contributed by atoms with Gasteiger partial charge < -0.3 is 9.84 Å². The second-order valence-corrected chi connectivity index (χ2v) is 9.48. The molecule has 5 nitrogen and oxygen atoms in total. The number of rotatable bonds is 17. The first kappa shape index (κ1) is 28.7. The van der Waals surface area contributed by atoms with Crippen LogP contribution in [0.1, 0.15) is 111 Å². The predicted octanol–water partition coefficient (Wildman–Crippen LogP) is 5.80. The standard InChI is InChI=1S/C25H42F2O5/c1-4-5-16-25(26,27)23(30)15-14-20-19(21(28)17-22(20)29)12-10-8-6-7-9-11-13-24(31)32-18(2)3/h18-20,22,29H,4-17H2,1-3H3/t19-,20-,22-/m1/s1. The maximum absolute atomic E-state index is 13.9. The third-order valence-corrected chi connectivity index (χ3v) is 6.31. The molecule has 0 bridgehead atoms. The molecule has 0 amide bonds. The summed E-state index contributed by atoms with van der Waals surface area (Å²) in [6.45, 7) is 5.46. The van der Waals surface area contributed by atoms with E-state index in [9.17, 15) is 28.3 Å². The molecule has 186 valence electrons. The summed E-state index contributed by atoms with van der Waals surface area (Å²) in [5.41, 5.74) is 0. The molecule has 0 aliphatic heterocycles. The van der Waals surface area contributed by atoms with Crippen molar-refractivity contribution in [2.24, 2.45) is 11.8 Å². The zero-order valence-electron chi connectivity index (χ0n) is 20.0. The Balaban J connectivity index is 2.30. The summed E-state index contributed by atoms with van der Waals surface area (Å²) < 4.78 is 32.9. The number of hydrogen-bond donors (Lipinski definition) is 1. The molecule has 1 rings (SSSR count). The molecule has 32 heavy (non-hydrogen) atoms. The third-order valence-electron chi connectivity index (χ3n) is 6.31. The van der Waals surface area contributed by atoms with Crippen molar-refractivity contribution in [3.8, 4) is 0 Å². The average Bonchev–Trinajstić information content (AvgIpc) is 2.98. The number of ketones is 2. The van der Waals surface area contributed by atoms with Crippen molar-refractivity contribution in [1.29, 1.82) is 0 Å². The molecular formula is C25H42F2O5. The Hall–Kier alpha value is -1.37. The second-order valence-electron chi connectivity index (χ2n) is 9.48. The van der Waals surface area contributed by atoms with E-state index in [2.05, 4.69) is 0 Å². The molecule has 0 heterocycles. The molecule has 1 aliphatic carbocycles. The minimum Gasteiger partial charge on any atom is -0.463 e. The number of Topliss-reactive ketones (excluding diaryl/α,β-unsaturated/α-hetero) is 2. The lowest BCUT2D eigenvalue weighted by molar-refractivity contribution is -0.147. The van der Waals surface area contributed by atoms with Gasteiger partial charge in [0.05, 0.1) is 12.2 Å². The van der Waals surface area contributed by atoms with Gasteiger partial charge in [0.1, 0.15) is 5.78 Å². The van der Waals surface area contributed by atoms with Crippen LogP contribution >= 0.6 is 0 Å². The average molecular weight is 461 g/mol.